The number of benzene rings is 2. The van der Waals surface area contributed by atoms with E-state index in [1.54, 1.807) is 19.2 Å². The third-order valence-electron chi connectivity index (χ3n) is 6.76. The standard InChI is InChI=1S/C30H47NO3/c1-3-4-5-6-7-8-9-10-11-12-13-14-15-16-17-20-23-31-30(33)27-24-28(34-2)25-21-18-19-22-26(25)29(27)32/h18-19,21-22,24,32H,3-17,20,23H2,1-2H3,(H,31,33). The molecule has 0 saturated heterocycles. The first kappa shape index (κ1) is 28.0. The van der Waals surface area contributed by atoms with Gasteiger partial charge in [-0.25, -0.2) is 0 Å². The van der Waals surface area contributed by atoms with Gasteiger partial charge in [-0.3, -0.25) is 4.79 Å². The fraction of sp³-hybridized carbons (Fsp3) is 0.633. The monoisotopic (exact) mass is 469 g/mol. The van der Waals surface area contributed by atoms with Crippen LogP contribution in [0.3, 0.4) is 0 Å². The Labute approximate surface area is 207 Å². The molecule has 2 N–H and O–H groups in total. The molecule has 4 heteroatoms. The lowest BCUT2D eigenvalue weighted by molar-refractivity contribution is 0.0950. The third-order valence-corrected chi connectivity index (χ3v) is 6.76. The lowest BCUT2D eigenvalue weighted by atomic mass is 10.0. The number of nitrogens with one attached hydrogen (secondary N) is 1. The second kappa shape index (κ2) is 17.2. The molecule has 0 unspecified atom stereocenters. The van der Waals surface area contributed by atoms with E-state index in [1.807, 2.05) is 18.2 Å². The van der Waals surface area contributed by atoms with Gasteiger partial charge < -0.3 is 15.2 Å². The normalized spacial score (nSPS) is 11.1. The first-order valence-electron chi connectivity index (χ1n) is 13.8. The number of phenols is 1. The van der Waals surface area contributed by atoms with E-state index in [9.17, 15) is 9.90 Å². The highest BCUT2D eigenvalue weighted by Crippen LogP contribution is 2.35. The minimum absolute atomic E-state index is 0.0147. The number of methoxy groups -OCH3 is 1. The second-order valence-electron chi connectivity index (χ2n) is 9.58. The van der Waals surface area contributed by atoms with Gasteiger partial charge in [0.15, 0.2) is 0 Å². The summed E-state index contributed by atoms with van der Waals surface area (Å²) in [5.41, 5.74) is 0.270. The number of ether oxygens (including phenoxy) is 1. The lowest BCUT2D eigenvalue weighted by Crippen LogP contribution is -2.24. The van der Waals surface area contributed by atoms with Crippen LogP contribution >= 0.6 is 0 Å². The molecule has 0 bridgehead atoms. The molecule has 2 rings (SSSR count). The summed E-state index contributed by atoms with van der Waals surface area (Å²) >= 11 is 0. The molecule has 0 fully saturated rings. The van der Waals surface area contributed by atoms with Gasteiger partial charge in [-0.2, -0.15) is 0 Å². The highest BCUT2D eigenvalue weighted by atomic mass is 16.5. The molecule has 0 aliphatic heterocycles. The molecule has 0 heterocycles. The fourth-order valence-corrected chi connectivity index (χ4v) is 4.64. The zero-order chi connectivity index (χ0) is 24.4. The largest absolute Gasteiger partial charge is 0.506 e. The van der Waals surface area contributed by atoms with Crippen LogP contribution < -0.4 is 10.1 Å². The Morgan fingerprint density at radius 2 is 1.24 bits per heavy atom. The quantitative estimate of drug-likeness (QED) is 0.203. The number of unbranched alkanes of at least 4 members (excludes halogenated alkanes) is 15. The average molecular weight is 470 g/mol. The summed E-state index contributed by atoms with van der Waals surface area (Å²) in [6, 6.07) is 9.05. The van der Waals surface area contributed by atoms with Crippen molar-refractivity contribution >= 4 is 16.7 Å². The van der Waals surface area contributed by atoms with Crippen molar-refractivity contribution in [2.75, 3.05) is 13.7 Å². The summed E-state index contributed by atoms with van der Waals surface area (Å²) in [5.74, 6) is 0.365. The van der Waals surface area contributed by atoms with Crippen LogP contribution in [-0.2, 0) is 0 Å². The Morgan fingerprint density at radius 1 is 0.765 bits per heavy atom. The first-order valence-corrected chi connectivity index (χ1v) is 13.8. The average Bonchev–Trinajstić information content (AvgIpc) is 2.86. The Morgan fingerprint density at radius 3 is 1.74 bits per heavy atom. The van der Waals surface area contributed by atoms with Crippen molar-refractivity contribution in [1.29, 1.82) is 0 Å². The summed E-state index contributed by atoms with van der Waals surface area (Å²) < 4.78 is 5.42. The molecule has 0 radical (unpaired) electrons. The van der Waals surface area contributed by atoms with Gasteiger partial charge in [-0.15, -0.1) is 0 Å². The van der Waals surface area contributed by atoms with Crippen LogP contribution in [0.25, 0.3) is 10.8 Å². The van der Waals surface area contributed by atoms with Crippen molar-refractivity contribution in [1.82, 2.24) is 5.32 Å². The molecule has 4 nitrogen and oxygen atoms in total. The number of carbonyl (C=O) groups excluding carboxylic acids is 1. The topological polar surface area (TPSA) is 58.6 Å². The van der Waals surface area contributed by atoms with E-state index in [4.69, 9.17) is 4.74 Å². The summed E-state index contributed by atoms with van der Waals surface area (Å²) in [4.78, 5) is 12.6. The second-order valence-corrected chi connectivity index (χ2v) is 9.58. The van der Waals surface area contributed by atoms with Crippen LogP contribution in [0.15, 0.2) is 30.3 Å². The molecule has 0 aliphatic rings. The zero-order valence-electron chi connectivity index (χ0n) is 21.7. The maximum Gasteiger partial charge on any atom is 0.255 e. The molecule has 34 heavy (non-hydrogen) atoms. The smallest absolute Gasteiger partial charge is 0.255 e. The van der Waals surface area contributed by atoms with Gasteiger partial charge in [0.1, 0.15) is 11.5 Å². The number of amides is 1. The van der Waals surface area contributed by atoms with E-state index in [0.717, 1.165) is 18.2 Å². The van der Waals surface area contributed by atoms with E-state index in [0.29, 0.717) is 17.7 Å². The fourth-order valence-electron chi connectivity index (χ4n) is 4.64. The first-order chi connectivity index (χ1) is 16.7. The highest BCUT2D eigenvalue weighted by Gasteiger charge is 2.17. The van der Waals surface area contributed by atoms with Crippen LogP contribution in [0.1, 0.15) is 120 Å². The molecule has 1 amide bonds. The third kappa shape index (κ3) is 9.95. The van der Waals surface area contributed by atoms with E-state index >= 15 is 0 Å². The highest BCUT2D eigenvalue weighted by molar-refractivity contribution is 6.05. The van der Waals surface area contributed by atoms with Gasteiger partial charge in [0, 0.05) is 17.3 Å². The molecular formula is C30H47NO3. The van der Waals surface area contributed by atoms with Gasteiger partial charge >= 0.3 is 0 Å². The van der Waals surface area contributed by atoms with Gasteiger partial charge in [-0.05, 0) is 12.5 Å². The molecule has 0 spiro atoms. The number of hydrogen-bond acceptors (Lipinski definition) is 3. The van der Waals surface area contributed by atoms with Crippen molar-refractivity contribution < 1.29 is 14.6 Å². The van der Waals surface area contributed by atoms with Crippen molar-refractivity contribution in [2.45, 2.75) is 110 Å². The van der Waals surface area contributed by atoms with Crippen molar-refractivity contribution in [3.8, 4) is 11.5 Å². The molecular weight excluding hydrogens is 422 g/mol. The van der Waals surface area contributed by atoms with Gasteiger partial charge in [0.05, 0.1) is 12.7 Å². The number of rotatable bonds is 19. The molecule has 0 aliphatic carbocycles. The predicted octanol–water partition coefficient (Wildman–Crippen LogP) is 8.55. The molecule has 2 aromatic rings. The number of phenolic OH excluding ortho intramolecular Hbond substituents is 1. The van der Waals surface area contributed by atoms with Crippen LogP contribution in [-0.4, -0.2) is 24.7 Å². The van der Waals surface area contributed by atoms with Crippen molar-refractivity contribution in [2.24, 2.45) is 0 Å². The summed E-state index contributed by atoms with van der Waals surface area (Å²) in [7, 11) is 1.58. The summed E-state index contributed by atoms with van der Waals surface area (Å²) in [6.45, 7) is 2.91. The zero-order valence-corrected chi connectivity index (χ0v) is 21.7. The molecule has 2 aromatic carbocycles. The van der Waals surface area contributed by atoms with Crippen LogP contribution in [0.4, 0.5) is 0 Å². The van der Waals surface area contributed by atoms with E-state index in [1.165, 1.54) is 89.9 Å². The summed E-state index contributed by atoms with van der Waals surface area (Å²) in [5, 5.41) is 15.0. The Balaban J connectivity index is 1.49. The van der Waals surface area contributed by atoms with E-state index < -0.39 is 0 Å². The van der Waals surface area contributed by atoms with Crippen molar-refractivity contribution in [3.05, 3.63) is 35.9 Å². The van der Waals surface area contributed by atoms with Crippen LogP contribution in [0, 0.1) is 0 Å². The SMILES string of the molecule is CCCCCCCCCCCCCCCCCCNC(=O)c1cc(OC)c2ccccc2c1O. The predicted molar refractivity (Wildman–Crippen MR) is 144 cm³/mol. The summed E-state index contributed by atoms with van der Waals surface area (Å²) in [6.07, 6.45) is 21.3. The Bertz CT molecular complexity index is 833. The number of hydrogen-bond donors (Lipinski definition) is 2. The number of carbonyl (C=O) groups is 1. The van der Waals surface area contributed by atoms with Gasteiger partial charge in [0.25, 0.3) is 5.91 Å². The van der Waals surface area contributed by atoms with E-state index in [-0.39, 0.29) is 17.2 Å². The molecule has 0 atom stereocenters. The maximum atomic E-state index is 12.6. The van der Waals surface area contributed by atoms with Gasteiger partial charge in [0.2, 0.25) is 0 Å². The maximum absolute atomic E-state index is 12.6. The number of aromatic hydroxyl groups is 1. The molecule has 0 aromatic heterocycles. The minimum atomic E-state index is -0.248. The Kier molecular flexibility index (Phi) is 14.2. The van der Waals surface area contributed by atoms with Crippen LogP contribution in [0.5, 0.6) is 11.5 Å². The van der Waals surface area contributed by atoms with Crippen LogP contribution in [0.2, 0.25) is 0 Å². The van der Waals surface area contributed by atoms with Crippen molar-refractivity contribution in [3.63, 3.8) is 0 Å². The number of fused-ring (bicyclic) bond motifs is 1. The minimum Gasteiger partial charge on any atom is -0.506 e. The molecule has 190 valence electrons. The lowest BCUT2D eigenvalue weighted by Gasteiger charge is -2.12. The van der Waals surface area contributed by atoms with Gasteiger partial charge in [-0.1, -0.05) is 128 Å². The molecule has 0 saturated carbocycles. The van der Waals surface area contributed by atoms with E-state index in [2.05, 4.69) is 12.2 Å². The Hall–Kier alpha value is -2.23.